The van der Waals surface area contributed by atoms with E-state index in [4.69, 9.17) is 21.7 Å². The van der Waals surface area contributed by atoms with Gasteiger partial charge in [0.05, 0.1) is 20.3 Å². The van der Waals surface area contributed by atoms with Gasteiger partial charge in [0, 0.05) is 28.7 Å². The molecule has 0 saturated heterocycles. The summed E-state index contributed by atoms with van der Waals surface area (Å²) in [5.74, 6) is 1.56. The van der Waals surface area contributed by atoms with Gasteiger partial charge in [-0.05, 0) is 73.2 Å². The number of aromatic amines is 1. The number of nitrogens with zero attached hydrogens (tertiary/aromatic N) is 1. The van der Waals surface area contributed by atoms with Gasteiger partial charge in [0.15, 0.2) is 5.11 Å². The SMILES string of the molecule is CCOc1ccc2[nH]c(=O)c(CN(Cc3ccc(OC)cc3)C(=S)Nc3ccccc3)cc2c1. The fraction of sp³-hybridized carbons (Fsp3) is 0.185. The van der Waals surface area contributed by atoms with Crippen molar-refractivity contribution in [2.45, 2.75) is 20.0 Å². The normalized spacial score (nSPS) is 10.6. The van der Waals surface area contributed by atoms with Crippen molar-refractivity contribution in [1.82, 2.24) is 9.88 Å². The van der Waals surface area contributed by atoms with E-state index in [0.29, 0.717) is 30.4 Å². The van der Waals surface area contributed by atoms with Crippen molar-refractivity contribution in [3.63, 3.8) is 0 Å². The minimum atomic E-state index is -0.140. The van der Waals surface area contributed by atoms with Gasteiger partial charge in [-0.15, -0.1) is 0 Å². The van der Waals surface area contributed by atoms with E-state index in [1.165, 1.54) is 0 Å². The minimum Gasteiger partial charge on any atom is -0.497 e. The third-order valence-corrected chi connectivity index (χ3v) is 5.77. The minimum absolute atomic E-state index is 0.140. The van der Waals surface area contributed by atoms with Gasteiger partial charge >= 0.3 is 0 Å². The second-order valence-corrected chi connectivity index (χ2v) is 8.19. The smallest absolute Gasteiger partial charge is 0.253 e. The Balaban J connectivity index is 1.64. The number of fused-ring (bicyclic) bond motifs is 1. The van der Waals surface area contributed by atoms with Crippen molar-refractivity contribution in [3.8, 4) is 11.5 Å². The molecular weight excluding hydrogens is 446 g/mol. The van der Waals surface area contributed by atoms with Crippen LogP contribution in [0.1, 0.15) is 18.1 Å². The highest BCUT2D eigenvalue weighted by Crippen LogP contribution is 2.21. The summed E-state index contributed by atoms with van der Waals surface area (Å²) in [6.07, 6.45) is 0. The molecule has 1 heterocycles. The van der Waals surface area contributed by atoms with E-state index in [0.717, 1.165) is 33.7 Å². The molecule has 0 amide bonds. The van der Waals surface area contributed by atoms with Crippen LogP contribution in [-0.2, 0) is 13.1 Å². The number of thiocarbonyl (C=S) groups is 1. The van der Waals surface area contributed by atoms with Gasteiger partial charge < -0.3 is 24.7 Å². The molecular formula is C27H27N3O3S. The summed E-state index contributed by atoms with van der Waals surface area (Å²) in [5.41, 5.74) is 3.18. The predicted molar refractivity (Wildman–Crippen MR) is 141 cm³/mol. The molecule has 0 fully saturated rings. The summed E-state index contributed by atoms with van der Waals surface area (Å²) >= 11 is 5.76. The number of ether oxygens (including phenoxy) is 2. The van der Waals surface area contributed by atoms with E-state index in [1.54, 1.807) is 7.11 Å². The lowest BCUT2D eigenvalue weighted by Gasteiger charge is -2.26. The highest BCUT2D eigenvalue weighted by molar-refractivity contribution is 7.80. The number of methoxy groups -OCH3 is 1. The lowest BCUT2D eigenvalue weighted by molar-refractivity contribution is 0.340. The Labute approximate surface area is 204 Å². The molecule has 174 valence electrons. The lowest BCUT2D eigenvalue weighted by Crippen LogP contribution is -2.35. The molecule has 0 atom stereocenters. The molecule has 1 aromatic heterocycles. The van der Waals surface area contributed by atoms with Crippen LogP contribution in [0.15, 0.2) is 83.7 Å². The Hall–Kier alpha value is -3.84. The van der Waals surface area contributed by atoms with Gasteiger partial charge in [-0.1, -0.05) is 30.3 Å². The molecule has 2 N–H and O–H groups in total. The summed E-state index contributed by atoms with van der Waals surface area (Å²) in [6, 6.07) is 25.1. The highest BCUT2D eigenvalue weighted by Gasteiger charge is 2.15. The number of hydrogen-bond donors (Lipinski definition) is 2. The Morgan fingerprint density at radius 1 is 0.971 bits per heavy atom. The van der Waals surface area contributed by atoms with E-state index in [-0.39, 0.29) is 5.56 Å². The number of rotatable bonds is 8. The quantitative estimate of drug-likeness (QED) is 0.337. The van der Waals surface area contributed by atoms with Crippen molar-refractivity contribution < 1.29 is 9.47 Å². The highest BCUT2D eigenvalue weighted by atomic mass is 32.1. The van der Waals surface area contributed by atoms with Crippen LogP contribution >= 0.6 is 12.2 Å². The number of para-hydroxylation sites is 1. The zero-order valence-electron chi connectivity index (χ0n) is 19.2. The summed E-state index contributed by atoms with van der Waals surface area (Å²) < 4.78 is 10.9. The van der Waals surface area contributed by atoms with E-state index in [9.17, 15) is 4.79 Å². The number of anilines is 1. The predicted octanol–water partition coefficient (Wildman–Crippen LogP) is 5.33. The number of hydrogen-bond acceptors (Lipinski definition) is 4. The molecule has 0 aliphatic heterocycles. The molecule has 0 bridgehead atoms. The molecule has 7 heteroatoms. The van der Waals surface area contributed by atoms with Crippen molar-refractivity contribution in [3.05, 3.63) is 100 Å². The van der Waals surface area contributed by atoms with Crippen LogP contribution in [0.25, 0.3) is 10.9 Å². The van der Waals surface area contributed by atoms with E-state index in [1.807, 2.05) is 90.7 Å². The van der Waals surface area contributed by atoms with Crippen molar-refractivity contribution in [2.75, 3.05) is 19.0 Å². The van der Waals surface area contributed by atoms with Crippen LogP contribution in [0.3, 0.4) is 0 Å². The van der Waals surface area contributed by atoms with Gasteiger partial charge in [0.1, 0.15) is 11.5 Å². The molecule has 0 unspecified atom stereocenters. The van der Waals surface area contributed by atoms with Crippen molar-refractivity contribution in [2.24, 2.45) is 0 Å². The van der Waals surface area contributed by atoms with Crippen LogP contribution in [0.5, 0.6) is 11.5 Å². The summed E-state index contributed by atoms with van der Waals surface area (Å²) in [6.45, 7) is 3.39. The van der Waals surface area contributed by atoms with Crippen molar-refractivity contribution in [1.29, 1.82) is 0 Å². The van der Waals surface area contributed by atoms with Gasteiger partial charge in [0.2, 0.25) is 0 Å². The molecule has 0 spiro atoms. The Morgan fingerprint density at radius 3 is 2.41 bits per heavy atom. The zero-order valence-corrected chi connectivity index (χ0v) is 20.0. The first kappa shape index (κ1) is 23.3. The Kier molecular flexibility index (Phi) is 7.44. The van der Waals surface area contributed by atoms with Crippen LogP contribution in [0.4, 0.5) is 5.69 Å². The number of H-pyrrole nitrogens is 1. The fourth-order valence-electron chi connectivity index (χ4n) is 3.68. The van der Waals surface area contributed by atoms with Gasteiger partial charge in [-0.3, -0.25) is 4.79 Å². The molecule has 0 aliphatic rings. The Bertz CT molecular complexity index is 1320. The van der Waals surface area contributed by atoms with Gasteiger partial charge in [-0.2, -0.15) is 0 Å². The monoisotopic (exact) mass is 473 g/mol. The number of nitrogens with one attached hydrogen (secondary N) is 2. The summed E-state index contributed by atoms with van der Waals surface area (Å²) in [7, 11) is 1.64. The zero-order chi connectivity index (χ0) is 23.9. The topological polar surface area (TPSA) is 66.6 Å². The molecule has 4 rings (SSSR count). The fourth-order valence-corrected chi connectivity index (χ4v) is 3.93. The van der Waals surface area contributed by atoms with Crippen LogP contribution in [0, 0.1) is 0 Å². The van der Waals surface area contributed by atoms with Crippen LogP contribution < -0.4 is 20.3 Å². The molecule has 34 heavy (non-hydrogen) atoms. The molecule has 0 saturated carbocycles. The first-order valence-electron chi connectivity index (χ1n) is 11.1. The number of pyridine rings is 1. The van der Waals surface area contributed by atoms with Crippen LogP contribution in [0.2, 0.25) is 0 Å². The molecule has 3 aromatic carbocycles. The molecule has 4 aromatic rings. The average molecular weight is 474 g/mol. The first-order chi connectivity index (χ1) is 16.6. The van der Waals surface area contributed by atoms with Gasteiger partial charge in [0.25, 0.3) is 5.56 Å². The summed E-state index contributed by atoms with van der Waals surface area (Å²) in [4.78, 5) is 17.9. The maximum Gasteiger partial charge on any atom is 0.253 e. The third-order valence-electron chi connectivity index (χ3n) is 5.41. The van der Waals surface area contributed by atoms with Gasteiger partial charge in [-0.25, -0.2) is 0 Å². The maximum atomic E-state index is 12.9. The lowest BCUT2D eigenvalue weighted by atomic mass is 10.1. The van der Waals surface area contributed by atoms with E-state index < -0.39 is 0 Å². The standard InChI is InChI=1S/C27H27N3O3S/c1-3-33-24-13-14-25-20(16-24)15-21(26(31)29-25)18-30(17-19-9-11-23(32-2)12-10-19)27(34)28-22-7-5-4-6-8-22/h4-16H,3,17-18H2,1-2H3,(H,28,34)(H,29,31). The number of aromatic nitrogens is 1. The first-order valence-corrected chi connectivity index (χ1v) is 11.5. The maximum absolute atomic E-state index is 12.9. The molecule has 0 aliphatic carbocycles. The largest absolute Gasteiger partial charge is 0.497 e. The second-order valence-electron chi connectivity index (χ2n) is 7.81. The molecule has 6 nitrogen and oxygen atoms in total. The summed E-state index contributed by atoms with van der Waals surface area (Å²) in [5, 5.41) is 4.73. The van der Waals surface area contributed by atoms with E-state index in [2.05, 4.69) is 10.3 Å². The van der Waals surface area contributed by atoms with E-state index >= 15 is 0 Å². The van der Waals surface area contributed by atoms with Crippen molar-refractivity contribution >= 4 is 33.9 Å². The molecule has 0 radical (unpaired) electrons. The number of benzene rings is 3. The average Bonchev–Trinajstić information content (AvgIpc) is 2.85. The third kappa shape index (κ3) is 5.74. The Morgan fingerprint density at radius 2 is 1.71 bits per heavy atom. The van der Waals surface area contributed by atoms with Crippen LogP contribution in [-0.4, -0.2) is 28.7 Å². The second kappa shape index (κ2) is 10.9.